The van der Waals surface area contributed by atoms with Crippen molar-refractivity contribution in [1.29, 1.82) is 0 Å². The fraction of sp³-hybridized carbons (Fsp3) is 0.500. The number of rotatable bonds is 16. The lowest BCUT2D eigenvalue weighted by Crippen LogP contribution is -2.54. The van der Waals surface area contributed by atoms with Gasteiger partial charge < -0.3 is 30.5 Å². The number of aryl methyl sites for hydroxylation is 1. The molecule has 2 aromatic carbocycles. The molecule has 7 amide bonds. The van der Waals surface area contributed by atoms with Crippen molar-refractivity contribution in [2.24, 2.45) is 0 Å². The maximum Gasteiger partial charge on any atom is 0.317 e. The van der Waals surface area contributed by atoms with Crippen LogP contribution < -0.4 is 26.2 Å². The summed E-state index contributed by atoms with van der Waals surface area (Å²) in [6.45, 7) is 4.05. The van der Waals surface area contributed by atoms with Gasteiger partial charge in [0.05, 0.1) is 36.5 Å². The molecule has 2 saturated heterocycles. The number of ether oxygens (including phenoxy) is 1. The smallest absolute Gasteiger partial charge is 0.317 e. The Labute approximate surface area is 392 Å². The molecule has 5 aliphatic heterocycles. The first-order valence-corrected chi connectivity index (χ1v) is 23.8. The van der Waals surface area contributed by atoms with E-state index in [-0.39, 0.29) is 47.5 Å². The summed E-state index contributed by atoms with van der Waals surface area (Å²) in [5.41, 5.74) is 5.51. The van der Waals surface area contributed by atoms with Crippen molar-refractivity contribution >= 4 is 52.8 Å². The first kappa shape index (κ1) is 46.4. The molecule has 1 unspecified atom stereocenters. The summed E-state index contributed by atoms with van der Waals surface area (Å²) < 4.78 is 39.4. The number of benzene rings is 2. The van der Waals surface area contributed by atoms with Gasteiger partial charge in [-0.3, -0.25) is 43.6 Å². The van der Waals surface area contributed by atoms with Gasteiger partial charge >= 0.3 is 6.03 Å². The van der Waals surface area contributed by atoms with Crippen LogP contribution in [0.2, 0.25) is 0 Å². The molecule has 1 atom stereocenters. The number of hydrogen-bond donors (Lipinski definition) is 4. The van der Waals surface area contributed by atoms with E-state index in [1.54, 1.807) is 53.3 Å². The summed E-state index contributed by atoms with van der Waals surface area (Å²) in [6.07, 6.45) is 7.92. The Bertz CT molecular complexity index is 2610. The van der Waals surface area contributed by atoms with Crippen LogP contribution in [0.5, 0.6) is 0 Å². The Morgan fingerprint density at radius 3 is 2.56 bits per heavy atom. The molecule has 360 valence electrons. The van der Waals surface area contributed by atoms with Gasteiger partial charge in [-0.05, 0) is 80.3 Å². The lowest BCUT2D eigenvalue weighted by Gasteiger charge is -2.33. The molecule has 20 heteroatoms. The molecule has 2 aromatic heterocycles. The zero-order valence-corrected chi connectivity index (χ0v) is 38.2. The fourth-order valence-electron chi connectivity index (χ4n) is 10.2. The molecule has 18 nitrogen and oxygen atoms in total. The lowest BCUT2D eigenvalue weighted by atomic mass is 9.92. The highest BCUT2D eigenvalue weighted by atomic mass is 19.3. The van der Waals surface area contributed by atoms with Crippen molar-refractivity contribution in [3.05, 3.63) is 76.2 Å². The van der Waals surface area contributed by atoms with Gasteiger partial charge in [0, 0.05) is 106 Å². The van der Waals surface area contributed by atoms with Crippen LogP contribution in [-0.4, -0.2) is 117 Å². The average molecular weight is 938 g/mol. The van der Waals surface area contributed by atoms with E-state index in [4.69, 9.17) is 9.84 Å². The minimum Gasteiger partial charge on any atom is -0.384 e. The van der Waals surface area contributed by atoms with Gasteiger partial charge in [0.2, 0.25) is 17.7 Å². The summed E-state index contributed by atoms with van der Waals surface area (Å²) in [4.78, 5) is 80.8. The largest absolute Gasteiger partial charge is 0.384 e. The molecule has 0 bridgehead atoms. The molecule has 2 fully saturated rings. The standard InChI is InChI=1S/C48H57F2N11O7/c1-51-48(67)57-20-14-37-35(28-57)44(56-61(37)31-15-22-68-23-16-31)59-19-7-8-29-24-33(34(43(49)50)25-39(29)59)30-26-54-58(27-30)21-18-53-40(62)11-4-2-3-5-17-52-36-10-6-9-32-42(36)47(66)60(46(32)65)38-12-13-41(63)55-45(38)64/h6,9-10,24-27,31,38,43,52H,2-5,7-8,11-23,28H2,1H3,(H,51,67)(H,53,62)(H,55,63,64). The Kier molecular flexibility index (Phi) is 13.8. The maximum absolute atomic E-state index is 15.0. The maximum atomic E-state index is 15.0. The zero-order chi connectivity index (χ0) is 47.5. The normalized spacial score (nSPS) is 18.4. The summed E-state index contributed by atoms with van der Waals surface area (Å²) in [6, 6.07) is 7.38. The number of amides is 7. The highest BCUT2D eigenvalue weighted by Crippen LogP contribution is 2.44. The highest BCUT2D eigenvalue weighted by Gasteiger charge is 2.45. The van der Waals surface area contributed by atoms with E-state index in [2.05, 4.69) is 35.9 Å². The van der Waals surface area contributed by atoms with Gasteiger partial charge in [-0.15, -0.1) is 0 Å². The summed E-state index contributed by atoms with van der Waals surface area (Å²) in [5.74, 6) is -1.58. The fourth-order valence-corrected chi connectivity index (χ4v) is 10.2. The number of hydrogen-bond acceptors (Lipinski definition) is 11. The Morgan fingerprint density at radius 1 is 0.941 bits per heavy atom. The van der Waals surface area contributed by atoms with Crippen molar-refractivity contribution in [2.45, 2.75) is 109 Å². The quantitative estimate of drug-likeness (QED) is 0.0828. The van der Waals surface area contributed by atoms with Crippen LogP contribution in [-0.2, 0) is 45.1 Å². The molecule has 0 spiro atoms. The van der Waals surface area contributed by atoms with E-state index in [9.17, 15) is 28.8 Å². The third-order valence-corrected chi connectivity index (χ3v) is 13.7. The second-order valence-corrected chi connectivity index (χ2v) is 18.0. The van der Waals surface area contributed by atoms with E-state index in [0.29, 0.717) is 106 Å². The number of carbonyl (C=O) groups is 6. The number of alkyl halides is 2. The molecular formula is C48H57F2N11O7. The van der Waals surface area contributed by atoms with Crippen molar-refractivity contribution < 1.29 is 42.3 Å². The van der Waals surface area contributed by atoms with Gasteiger partial charge in [-0.25, -0.2) is 13.6 Å². The minimum atomic E-state index is -2.75. The Hall–Kier alpha value is -6.70. The number of anilines is 3. The number of fused-ring (bicyclic) bond motifs is 3. The number of aromatic nitrogens is 4. The van der Waals surface area contributed by atoms with Crippen LogP contribution in [0.1, 0.15) is 120 Å². The molecule has 0 aliphatic carbocycles. The number of nitrogens with zero attached hydrogens (tertiary/aromatic N) is 7. The van der Waals surface area contributed by atoms with E-state index in [1.165, 1.54) is 0 Å². The summed E-state index contributed by atoms with van der Waals surface area (Å²) in [5, 5.41) is 20.8. The third-order valence-electron chi connectivity index (χ3n) is 13.7. The number of urea groups is 1. The SMILES string of the molecule is CNC(=O)N1CCc2c(c(N3CCCc4cc(-c5cnn(CCNC(=O)CCCCCCNc6cccc7c6C(=O)N(C6CCC(=O)NC6=O)C7=O)c5)c(C(F)F)cc43)nn2C2CCOCC2)C1. The van der Waals surface area contributed by atoms with Gasteiger partial charge in [-0.1, -0.05) is 18.9 Å². The molecule has 5 aliphatic rings. The second-order valence-electron chi connectivity index (χ2n) is 18.0. The summed E-state index contributed by atoms with van der Waals surface area (Å²) >= 11 is 0. The number of imide groups is 2. The van der Waals surface area contributed by atoms with E-state index < -0.39 is 36.1 Å². The predicted molar refractivity (Wildman–Crippen MR) is 246 cm³/mol. The monoisotopic (exact) mass is 937 g/mol. The molecule has 7 heterocycles. The lowest BCUT2D eigenvalue weighted by molar-refractivity contribution is -0.136. The van der Waals surface area contributed by atoms with Crippen LogP contribution in [0.15, 0.2) is 42.7 Å². The van der Waals surface area contributed by atoms with E-state index in [1.807, 2.05) is 6.07 Å². The second kappa shape index (κ2) is 20.3. The van der Waals surface area contributed by atoms with E-state index in [0.717, 1.165) is 60.2 Å². The van der Waals surface area contributed by atoms with Crippen molar-refractivity contribution in [3.63, 3.8) is 0 Å². The number of nitrogens with one attached hydrogen (secondary N) is 4. The number of carbonyl (C=O) groups excluding carboxylic acids is 6. The molecule has 0 saturated carbocycles. The minimum absolute atomic E-state index is 0.0493. The van der Waals surface area contributed by atoms with E-state index >= 15 is 8.78 Å². The first-order chi connectivity index (χ1) is 33.0. The average Bonchev–Trinajstić information content (AvgIpc) is 4.05. The molecule has 4 N–H and O–H groups in total. The van der Waals surface area contributed by atoms with Crippen molar-refractivity contribution in [1.82, 2.24) is 45.3 Å². The highest BCUT2D eigenvalue weighted by molar-refractivity contribution is 6.25. The van der Waals surface area contributed by atoms with Gasteiger partial charge in [-0.2, -0.15) is 10.2 Å². The topological polar surface area (TPSA) is 205 Å². The van der Waals surface area contributed by atoms with Crippen LogP contribution in [0.3, 0.4) is 0 Å². The summed E-state index contributed by atoms with van der Waals surface area (Å²) in [7, 11) is 1.62. The first-order valence-electron chi connectivity index (χ1n) is 23.8. The molecule has 0 radical (unpaired) electrons. The third kappa shape index (κ3) is 9.42. The van der Waals surface area contributed by atoms with Crippen LogP contribution in [0.4, 0.5) is 30.8 Å². The van der Waals surface area contributed by atoms with Crippen LogP contribution >= 0.6 is 0 Å². The zero-order valence-electron chi connectivity index (χ0n) is 38.2. The molecule has 68 heavy (non-hydrogen) atoms. The molecule has 4 aromatic rings. The van der Waals surface area contributed by atoms with Gasteiger partial charge in [0.1, 0.15) is 6.04 Å². The number of unbranched alkanes of at least 4 members (excludes halogenated alkanes) is 3. The van der Waals surface area contributed by atoms with Crippen LogP contribution in [0, 0.1) is 0 Å². The predicted octanol–water partition coefficient (Wildman–Crippen LogP) is 5.40. The number of halogens is 2. The van der Waals surface area contributed by atoms with Crippen LogP contribution in [0.25, 0.3) is 11.1 Å². The molecular weight excluding hydrogens is 881 g/mol. The van der Waals surface area contributed by atoms with Gasteiger partial charge in [0.25, 0.3) is 18.2 Å². The number of piperidine rings is 1. The Morgan fingerprint density at radius 2 is 1.76 bits per heavy atom. The molecule has 9 rings (SSSR count). The van der Waals surface area contributed by atoms with Gasteiger partial charge in [0.15, 0.2) is 5.82 Å². The Balaban J connectivity index is 0.763. The van der Waals surface area contributed by atoms with Crippen molar-refractivity contribution in [2.75, 3.05) is 56.7 Å². The van der Waals surface area contributed by atoms with Crippen molar-refractivity contribution in [3.8, 4) is 11.1 Å².